The molecule has 2 fully saturated rings. The smallest absolute Gasteiger partial charge is 0.356 e. The largest absolute Gasteiger partial charge is 0.497 e. The molecule has 0 unspecified atom stereocenters. The number of fused-ring (bicyclic) bond motifs is 1. The van der Waals surface area contributed by atoms with E-state index in [4.69, 9.17) is 18.9 Å². The summed E-state index contributed by atoms with van der Waals surface area (Å²) in [5.74, 6) is -0.456. The Hall–Kier alpha value is -3.66. The van der Waals surface area contributed by atoms with Crippen molar-refractivity contribution in [2.75, 3.05) is 27.4 Å². The predicted octanol–water partition coefficient (Wildman–Crippen LogP) is 1.76. The zero-order valence-electron chi connectivity index (χ0n) is 20.0. The number of benzene rings is 1. The van der Waals surface area contributed by atoms with Crippen molar-refractivity contribution in [1.29, 1.82) is 0 Å². The van der Waals surface area contributed by atoms with Crippen LogP contribution in [0.1, 0.15) is 30.3 Å². The van der Waals surface area contributed by atoms with E-state index >= 15 is 0 Å². The lowest BCUT2D eigenvalue weighted by molar-refractivity contribution is -0.149. The first-order chi connectivity index (χ1) is 16.8. The Bertz CT molecular complexity index is 1170. The van der Waals surface area contributed by atoms with Gasteiger partial charge in [0.1, 0.15) is 23.1 Å². The fraction of sp³-hybridized carbons (Fsp3) is 0.440. The van der Waals surface area contributed by atoms with E-state index in [2.05, 4.69) is 22.2 Å². The number of hydrogen-bond acceptors (Lipinski definition) is 9. The van der Waals surface area contributed by atoms with E-state index < -0.39 is 23.5 Å². The van der Waals surface area contributed by atoms with Crippen molar-refractivity contribution >= 4 is 28.7 Å². The molecule has 0 bridgehead atoms. The molecule has 1 aromatic carbocycles. The van der Waals surface area contributed by atoms with Gasteiger partial charge >= 0.3 is 11.9 Å². The SMILES string of the molecule is C=C[C@@H]1C[C@]1(NC(=O)[C@@H]1C[C@@H](Oc2cc(C(=O)OC)nc3cc(OC)ccc23)CN1)C(=O)OCC. The van der Waals surface area contributed by atoms with Gasteiger partial charge in [-0.15, -0.1) is 6.58 Å². The number of esters is 2. The summed E-state index contributed by atoms with van der Waals surface area (Å²) in [6, 6.07) is 6.26. The van der Waals surface area contributed by atoms with Gasteiger partial charge in [-0.1, -0.05) is 6.08 Å². The third-order valence-corrected chi connectivity index (χ3v) is 6.36. The van der Waals surface area contributed by atoms with Crippen LogP contribution in [-0.4, -0.2) is 67.9 Å². The van der Waals surface area contributed by atoms with E-state index in [-0.39, 0.29) is 30.2 Å². The maximum atomic E-state index is 13.0. The Balaban J connectivity index is 1.49. The first kappa shape index (κ1) is 24.5. The number of nitrogens with zero attached hydrogens (tertiary/aromatic N) is 1. The fourth-order valence-corrected chi connectivity index (χ4v) is 4.35. The number of nitrogens with one attached hydrogen (secondary N) is 2. The van der Waals surface area contributed by atoms with Crippen LogP contribution in [-0.2, 0) is 19.1 Å². The molecule has 4 rings (SSSR count). The van der Waals surface area contributed by atoms with E-state index in [0.29, 0.717) is 41.8 Å². The van der Waals surface area contributed by atoms with Crippen LogP contribution >= 0.6 is 0 Å². The lowest BCUT2D eigenvalue weighted by Gasteiger charge is -2.20. The molecule has 1 aliphatic carbocycles. The molecule has 10 nitrogen and oxygen atoms in total. The number of aromatic nitrogens is 1. The van der Waals surface area contributed by atoms with Crippen LogP contribution in [0.5, 0.6) is 11.5 Å². The third kappa shape index (κ3) is 4.79. The quantitative estimate of drug-likeness (QED) is 0.405. The van der Waals surface area contributed by atoms with Gasteiger partial charge in [0.2, 0.25) is 5.91 Å². The molecular weight excluding hydrogens is 454 g/mol. The number of amides is 1. The van der Waals surface area contributed by atoms with Gasteiger partial charge in [0.25, 0.3) is 0 Å². The first-order valence-electron chi connectivity index (χ1n) is 11.4. The van der Waals surface area contributed by atoms with Crippen LogP contribution in [0.4, 0.5) is 0 Å². The molecule has 1 aromatic heterocycles. The van der Waals surface area contributed by atoms with Gasteiger partial charge in [0.05, 0.1) is 32.4 Å². The molecule has 4 atom stereocenters. The van der Waals surface area contributed by atoms with Crippen LogP contribution < -0.4 is 20.1 Å². The molecule has 0 radical (unpaired) electrons. The van der Waals surface area contributed by atoms with Crippen molar-refractivity contribution in [3.8, 4) is 11.5 Å². The van der Waals surface area contributed by atoms with Crippen molar-refractivity contribution in [2.45, 2.75) is 37.5 Å². The lowest BCUT2D eigenvalue weighted by atomic mass is 10.1. The number of rotatable bonds is 9. The van der Waals surface area contributed by atoms with Crippen molar-refractivity contribution in [2.24, 2.45) is 5.92 Å². The molecule has 2 aromatic rings. The standard InChI is InChI=1S/C25H29N3O7/c1-5-14-12-25(14,24(31)34-6-2)28-22(29)19-10-16(13-26-19)35-21-11-20(23(30)33-4)27-18-9-15(32-3)7-8-17(18)21/h5,7-9,11,14,16,19,26H,1,6,10,12-13H2,2-4H3,(H,28,29)/t14-,16-,19+,25-/m1/s1. The van der Waals surface area contributed by atoms with E-state index in [9.17, 15) is 14.4 Å². The van der Waals surface area contributed by atoms with Crippen LogP contribution in [0.15, 0.2) is 36.9 Å². The zero-order valence-corrected chi connectivity index (χ0v) is 20.0. The monoisotopic (exact) mass is 483 g/mol. The Morgan fingerprint density at radius 2 is 2.09 bits per heavy atom. The number of pyridine rings is 1. The molecule has 2 aliphatic rings. The van der Waals surface area contributed by atoms with Crippen molar-refractivity contribution in [3.05, 3.63) is 42.6 Å². The highest BCUT2D eigenvalue weighted by Gasteiger charge is 2.61. The Morgan fingerprint density at radius 3 is 2.74 bits per heavy atom. The lowest BCUT2D eigenvalue weighted by Crippen LogP contribution is -2.51. The normalized spacial score (nSPS) is 24.9. The van der Waals surface area contributed by atoms with E-state index in [0.717, 1.165) is 0 Å². The molecule has 1 saturated carbocycles. The average molecular weight is 484 g/mol. The molecule has 1 amide bonds. The second kappa shape index (κ2) is 9.91. The van der Waals surface area contributed by atoms with Crippen molar-refractivity contribution in [3.63, 3.8) is 0 Å². The number of ether oxygens (including phenoxy) is 4. The summed E-state index contributed by atoms with van der Waals surface area (Å²) in [7, 11) is 2.83. The molecule has 1 saturated heterocycles. The molecule has 0 spiro atoms. The highest BCUT2D eigenvalue weighted by molar-refractivity contribution is 5.95. The predicted molar refractivity (Wildman–Crippen MR) is 126 cm³/mol. The van der Waals surface area contributed by atoms with E-state index in [1.54, 1.807) is 38.3 Å². The molecule has 10 heteroatoms. The Labute approximate surface area is 203 Å². The van der Waals surface area contributed by atoms with Gasteiger partial charge < -0.3 is 29.6 Å². The molecule has 2 N–H and O–H groups in total. The van der Waals surface area contributed by atoms with Gasteiger partial charge in [0.15, 0.2) is 5.69 Å². The minimum atomic E-state index is -1.05. The highest BCUT2D eigenvalue weighted by Crippen LogP contribution is 2.45. The zero-order chi connectivity index (χ0) is 25.2. The van der Waals surface area contributed by atoms with Crippen LogP contribution in [0, 0.1) is 5.92 Å². The summed E-state index contributed by atoms with van der Waals surface area (Å²) >= 11 is 0. The summed E-state index contributed by atoms with van der Waals surface area (Å²) < 4.78 is 21.5. The first-order valence-corrected chi connectivity index (χ1v) is 11.4. The van der Waals surface area contributed by atoms with Crippen LogP contribution in [0.3, 0.4) is 0 Å². The Morgan fingerprint density at radius 1 is 1.29 bits per heavy atom. The van der Waals surface area contributed by atoms with Gasteiger partial charge in [-0.2, -0.15) is 0 Å². The summed E-state index contributed by atoms with van der Waals surface area (Å²) in [6.07, 6.45) is 2.15. The average Bonchev–Trinajstić information content (AvgIpc) is 3.38. The number of carbonyl (C=O) groups excluding carboxylic acids is 3. The third-order valence-electron chi connectivity index (χ3n) is 6.36. The summed E-state index contributed by atoms with van der Waals surface area (Å²) in [4.78, 5) is 41.9. The van der Waals surface area contributed by atoms with Gasteiger partial charge in [-0.25, -0.2) is 14.6 Å². The van der Waals surface area contributed by atoms with Crippen LogP contribution in [0.25, 0.3) is 10.9 Å². The number of methoxy groups -OCH3 is 2. The van der Waals surface area contributed by atoms with E-state index in [1.165, 1.54) is 13.2 Å². The summed E-state index contributed by atoms with van der Waals surface area (Å²) in [5.41, 5.74) is -0.433. The summed E-state index contributed by atoms with van der Waals surface area (Å²) in [6.45, 7) is 6.11. The van der Waals surface area contributed by atoms with Crippen molar-refractivity contribution < 1.29 is 33.3 Å². The number of hydrogen-bond donors (Lipinski definition) is 2. The van der Waals surface area contributed by atoms with Crippen molar-refractivity contribution in [1.82, 2.24) is 15.6 Å². The van der Waals surface area contributed by atoms with Gasteiger partial charge in [0, 0.05) is 36.4 Å². The second-order valence-electron chi connectivity index (χ2n) is 8.54. The van der Waals surface area contributed by atoms with Crippen LogP contribution in [0.2, 0.25) is 0 Å². The fourth-order valence-electron chi connectivity index (χ4n) is 4.35. The minimum absolute atomic E-state index is 0.101. The van der Waals surface area contributed by atoms with Gasteiger partial charge in [-0.05, 0) is 25.5 Å². The molecule has 2 heterocycles. The summed E-state index contributed by atoms with van der Waals surface area (Å²) in [5, 5.41) is 6.71. The van der Waals surface area contributed by atoms with E-state index in [1.807, 2.05) is 0 Å². The maximum absolute atomic E-state index is 13.0. The molecule has 1 aliphatic heterocycles. The molecule has 186 valence electrons. The minimum Gasteiger partial charge on any atom is -0.497 e. The van der Waals surface area contributed by atoms with Gasteiger partial charge in [-0.3, -0.25) is 4.79 Å². The molecular formula is C25H29N3O7. The number of carbonyl (C=O) groups is 3. The Kier molecular flexibility index (Phi) is 6.93. The topological polar surface area (TPSA) is 125 Å². The molecule has 35 heavy (non-hydrogen) atoms. The maximum Gasteiger partial charge on any atom is 0.356 e. The highest BCUT2D eigenvalue weighted by atomic mass is 16.5. The second-order valence-corrected chi connectivity index (χ2v) is 8.54.